The van der Waals surface area contributed by atoms with Crippen molar-refractivity contribution in [2.75, 3.05) is 31.1 Å². The number of carbonyl (C=O) groups is 1. The summed E-state index contributed by atoms with van der Waals surface area (Å²) in [7, 11) is 0. The first kappa shape index (κ1) is 24.1. The van der Waals surface area contributed by atoms with Crippen molar-refractivity contribution in [1.29, 1.82) is 0 Å². The van der Waals surface area contributed by atoms with E-state index in [1.807, 2.05) is 49.9 Å². The maximum Gasteiger partial charge on any atom is 0.410 e. The molecule has 1 saturated heterocycles. The van der Waals surface area contributed by atoms with Crippen LogP contribution in [0, 0.1) is 5.82 Å². The molecule has 1 aliphatic heterocycles. The number of carbonyl (C=O) groups excluding carboxylic acids is 1. The third-order valence-electron chi connectivity index (χ3n) is 6.15. The van der Waals surface area contributed by atoms with Crippen LogP contribution in [-0.4, -0.2) is 57.8 Å². The first-order valence-electron chi connectivity index (χ1n) is 11.7. The number of phenolic OH excluding ortho intramolecular Hbond substituents is 1. The van der Waals surface area contributed by atoms with Crippen molar-refractivity contribution in [2.45, 2.75) is 26.4 Å². The number of hydrogen-bond acceptors (Lipinski definition) is 6. The van der Waals surface area contributed by atoms with Gasteiger partial charge in [-0.3, -0.25) is 0 Å². The number of rotatable bonds is 2. The molecule has 4 aromatic rings. The second-order valence-electron chi connectivity index (χ2n) is 9.81. The Balaban J connectivity index is 1.51. The van der Waals surface area contributed by atoms with Crippen LogP contribution in [0.5, 0.6) is 5.75 Å². The minimum absolute atomic E-state index is 0.0190. The van der Waals surface area contributed by atoms with Gasteiger partial charge in [-0.15, -0.1) is 0 Å². The molecule has 0 saturated carbocycles. The van der Waals surface area contributed by atoms with E-state index in [-0.39, 0.29) is 27.9 Å². The summed E-state index contributed by atoms with van der Waals surface area (Å²) in [5.41, 5.74) is 0.238. The molecule has 2 heterocycles. The van der Waals surface area contributed by atoms with Crippen molar-refractivity contribution in [1.82, 2.24) is 14.9 Å². The lowest BCUT2D eigenvalue weighted by atomic mass is 9.96. The topological polar surface area (TPSA) is 78.8 Å². The van der Waals surface area contributed by atoms with Gasteiger partial charge in [0.05, 0.1) is 5.02 Å². The molecular weight excluding hydrogens is 483 g/mol. The van der Waals surface area contributed by atoms with E-state index in [9.17, 15) is 9.90 Å². The number of nitrogens with zero attached hydrogens (tertiary/aromatic N) is 4. The van der Waals surface area contributed by atoms with Gasteiger partial charge in [-0.05, 0) is 55.3 Å². The number of fused-ring (bicyclic) bond motifs is 2. The SMILES string of the molecule is CC(C)(C)OC(=O)N1CCN(c2ncnc3c(F)c(-c4cc(O)cc5ccccc45)c(Cl)cc23)CC1. The molecule has 1 N–H and O–H groups in total. The van der Waals surface area contributed by atoms with Gasteiger partial charge in [0, 0.05) is 37.1 Å². The zero-order valence-corrected chi connectivity index (χ0v) is 21.0. The third-order valence-corrected chi connectivity index (χ3v) is 6.45. The Labute approximate surface area is 213 Å². The molecule has 9 heteroatoms. The van der Waals surface area contributed by atoms with E-state index in [0.717, 1.165) is 10.8 Å². The lowest BCUT2D eigenvalue weighted by Gasteiger charge is -2.36. The quantitative estimate of drug-likeness (QED) is 0.357. The van der Waals surface area contributed by atoms with Crippen molar-refractivity contribution < 1.29 is 19.0 Å². The fourth-order valence-corrected chi connectivity index (χ4v) is 4.84. The Kier molecular flexibility index (Phi) is 6.08. The summed E-state index contributed by atoms with van der Waals surface area (Å²) in [5.74, 6) is -0.00764. The highest BCUT2D eigenvalue weighted by atomic mass is 35.5. The van der Waals surface area contributed by atoms with Crippen LogP contribution in [0.2, 0.25) is 5.02 Å². The molecule has 7 nitrogen and oxygen atoms in total. The van der Waals surface area contributed by atoms with Crippen molar-refractivity contribution in [3.8, 4) is 16.9 Å². The zero-order valence-electron chi connectivity index (χ0n) is 20.3. The predicted octanol–water partition coefficient (Wildman–Crippen LogP) is 6.01. The lowest BCUT2D eigenvalue weighted by molar-refractivity contribution is 0.0240. The standard InChI is InChI=1S/C27H26ClFN4O3/c1-27(2,3)36-26(35)33-10-8-32(9-11-33)25-20-14-21(28)22(23(29)24(20)30-15-31-25)19-13-17(34)12-16-6-4-5-7-18(16)19/h4-7,12-15,34H,8-11H2,1-3H3. The molecule has 1 aliphatic rings. The van der Waals surface area contributed by atoms with E-state index in [0.29, 0.717) is 42.9 Å². The molecule has 36 heavy (non-hydrogen) atoms. The van der Waals surface area contributed by atoms with Crippen LogP contribution in [0.3, 0.4) is 0 Å². The number of ether oxygens (including phenoxy) is 1. The number of anilines is 1. The van der Waals surface area contributed by atoms with Gasteiger partial charge in [0.2, 0.25) is 0 Å². The van der Waals surface area contributed by atoms with Gasteiger partial charge in [0.1, 0.15) is 29.0 Å². The van der Waals surface area contributed by atoms with E-state index < -0.39 is 11.4 Å². The molecular formula is C27H26ClFN4O3. The fraction of sp³-hybridized carbons (Fsp3) is 0.296. The van der Waals surface area contributed by atoms with Crippen LogP contribution < -0.4 is 4.90 Å². The number of phenols is 1. The first-order valence-corrected chi connectivity index (χ1v) is 12.1. The van der Waals surface area contributed by atoms with Crippen molar-refractivity contribution in [2.24, 2.45) is 0 Å². The van der Waals surface area contributed by atoms with Crippen LogP contribution in [0.1, 0.15) is 20.8 Å². The van der Waals surface area contributed by atoms with E-state index in [1.165, 1.54) is 12.4 Å². The average molecular weight is 509 g/mol. The summed E-state index contributed by atoms with van der Waals surface area (Å²) in [4.78, 5) is 24.7. The number of benzene rings is 3. The largest absolute Gasteiger partial charge is 0.508 e. The number of aromatic hydroxyl groups is 1. The van der Waals surface area contributed by atoms with Crippen LogP contribution >= 0.6 is 11.6 Å². The van der Waals surface area contributed by atoms with Crippen LogP contribution in [0.25, 0.3) is 32.8 Å². The van der Waals surface area contributed by atoms with E-state index in [4.69, 9.17) is 16.3 Å². The lowest BCUT2D eigenvalue weighted by Crippen LogP contribution is -2.50. The summed E-state index contributed by atoms with van der Waals surface area (Å²) >= 11 is 6.67. The smallest absolute Gasteiger partial charge is 0.410 e. The molecule has 0 aliphatic carbocycles. The molecule has 0 bridgehead atoms. The van der Waals surface area contributed by atoms with Gasteiger partial charge in [-0.2, -0.15) is 0 Å². The van der Waals surface area contributed by atoms with Crippen molar-refractivity contribution in [3.05, 3.63) is 59.6 Å². The highest BCUT2D eigenvalue weighted by Crippen LogP contribution is 2.41. The molecule has 1 amide bonds. The predicted molar refractivity (Wildman–Crippen MR) is 139 cm³/mol. The number of hydrogen-bond donors (Lipinski definition) is 1. The van der Waals surface area contributed by atoms with Gasteiger partial charge in [0.25, 0.3) is 0 Å². The Hall–Kier alpha value is -3.65. The second kappa shape index (κ2) is 9.09. The summed E-state index contributed by atoms with van der Waals surface area (Å²) in [6, 6.07) is 12.2. The van der Waals surface area contributed by atoms with E-state index in [1.54, 1.807) is 17.0 Å². The van der Waals surface area contributed by atoms with Crippen LogP contribution in [-0.2, 0) is 4.74 Å². The number of amides is 1. The van der Waals surface area contributed by atoms with Gasteiger partial charge in [0.15, 0.2) is 5.82 Å². The summed E-state index contributed by atoms with van der Waals surface area (Å²) in [6.45, 7) is 7.40. The summed E-state index contributed by atoms with van der Waals surface area (Å²) < 4.78 is 21.5. The normalized spacial score (nSPS) is 14.5. The average Bonchev–Trinajstić information content (AvgIpc) is 2.83. The monoisotopic (exact) mass is 508 g/mol. The van der Waals surface area contributed by atoms with Gasteiger partial charge in [-0.25, -0.2) is 19.2 Å². The van der Waals surface area contributed by atoms with Gasteiger partial charge in [-0.1, -0.05) is 35.9 Å². The van der Waals surface area contributed by atoms with E-state index in [2.05, 4.69) is 9.97 Å². The Morgan fingerprint density at radius 1 is 1.06 bits per heavy atom. The number of aromatic nitrogens is 2. The highest BCUT2D eigenvalue weighted by molar-refractivity contribution is 6.35. The van der Waals surface area contributed by atoms with Gasteiger partial charge >= 0.3 is 6.09 Å². The molecule has 186 valence electrons. The highest BCUT2D eigenvalue weighted by Gasteiger charge is 2.28. The molecule has 1 aromatic heterocycles. The Morgan fingerprint density at radius 3 is 2.50 bits per heavy atom. The molecule has 0 radical (unpaired) electrons. The third kappa shape index (κ3) is 4.48. The van der Waals surface area contributed by atoms with Crippen molar-refractivity contribution >= 4 is 45.2 Å². The number of halogens is 2. The Morgan fingerprint density at radius 2 is 1.78 bits per heavy atom. The maximum atomic E-state index is 16.0. The zero-order chi connectivity index (χ0) is 25.6. The minimum atomic E-state index is -0.579. The van der Waals surface area contributed by atoms with Crippen LogP contribution in [0.4, 0.5) is 15.0 Å². The molecule has 0 spiro atoms. The first-order chi connectivity index (χ1) is 17.1. The summed E-state index contributed by atoms with van der Waals surface area (Å²) in [6.07, 6.45) is 0.978. The molecule has 3 aromatic carbocycles. The maximum absolute atomic E-state index is 16.0. The minimum Gasteiger partial charge on any atom is -0.508 e. The Bertz CT molecular complexity index is 1480. The molecule has 0 unspecified atom stereocenters. The fourth-order valence-electron chi connectivity index (χ4n) is 4.54. The molecule has 5 rings (SSSR count). The molecule has 0 atom stereocenters. The van der Waals surface area contributed by atoms with Gasteiger partial charge < -0.3 is 19.6 Å². The number of piperazine rings is 1. The van der Waals surface area contributed by atoms with Crippen LogP contribution in [0.15, 0.2) is 48.8 Å². The summed E-state index contributed by atoms with van der Waals surface area (Å²) in [5, 5.41) is 12.5. The van der Waals surface area contributed by atoms with Crippen molar-refractivity contribution in [3.63, 3.8) is 0 Å². The van der Waals surface area contributed by atoms with E-state index >= 15 is 4.39 Å². The molecule has 1 fully saturated rings. The second-order valence-corrected chi connectivity index (χ2v) is 10.2.